The van der Waals surface area contributed by atoms with Crippen LogP contribution in [0, 0.1) is 0 Å². The van der Waals surface area contributed by atoms with Gasteiger partial charge in [-0.2, -0.15) is 0 Å². The highest BCUT2D eigenvalue weighted by Crippen LogP contribution is 2.15. The van der Waals surface area contributed by atoms with Crippen LogP contribution in [0.25, 0.3) is 0 Å². The third-order valence-electron chi connectivity index (χ3n) is 2.27. The van der Waals surface area contributed by atoms with E-state index >= 15 is 0 Å². The Balaban J connectivity index is 2.50. The van der Waals surface area contributed by atoms with Crippen LogP contribution in [0.1, 0.15) is 19.8 Å². The van der Waals surface area contributed by atoms with Crippen molar-refractivity contribution in [3.8, 4) is 0 Å². The van der Waals surface area contributed by atoms with Gasteiger partial charge >= 0.3 is 0 Å². The van der Waals surface area contributed by atoms with Crippen molar-refractivity contribution in [1.82, 2.24) is 4.90 Å². The van der Waals surface area contributed by atoms with Crippen LogP contribution in [0.15, 0.2) is 0 Å². The first-order valence-electron chi connectivity index (χ1n) is 4.00. The fourth-order valence-electron chi connectivity index (χ4n) is 1.64. The van der Waals surface area contributed by atoms with E-state index in [1.54, 1.807) is 6.92 Å². The molecule has 1 aliphatic heterocycles. The lowest BCUT2D eigenvalue weighted by molar-refractivity contribution is -0.123. The van der Waals surface area contributed by atoms with Crippen LogP contribution in [-0.2, 0) is 4.79 Å². The van der Waals surface area contributed by atoms with E-state index in [0.29, 0.717) is 6.54 Å². The fourth-order valence-corrected chi connectivity index (χ4v) is 1.64. The lowest BCUT2D eigenvalue weighted by atomic mass is 9.98. The molecule has 0 bridgehead atoms. The number of carbonyl (C=O) groups is 1. The number of aliphatic hydroxyl groups excluding tert-OH is 1. The molecule has 3 heteroatoms. The number of likely N-dealkylation sites (N-methyl/N-ethyl adjacent to an activating group) is 1. The molecular formula is C8H15NO2. The van der Waals surface area contributed by atoms with Crippen LogP contribution in [-0.4, -0.2) is 41.5 Å². The summed E-state index contributed by atoms with van der Waals surface area (Å²) in [6.07, 6.45) is 1.32. The second-order valence-corrected chi connectivity index (χ2v) is 3.30. The Morgan fingerprint density at radius 3 is 2.64 bits per heavy atom. The summed E-state index contributed by atoms with van der Waals surface area (Å²) in [6, 6.07) is 0.0402. The van der Waals surface area contributed by atoms with Gasteiger partial charge in [0.2, 0.25) is 0 Å². The molecule has 1 N–H and O–H groups in total. The van der Waals surface area contributed by atoms with Gasteiger partial charge in [0, 0.05) is 6.54 Å². The number of hydrogen-bond acceptors (Lipinski definition) is 3. The quantitative estimate of drug-likeness (QED) is 0.584. The maximum Gasteiger partial charge on any atom is 0.146 e. The van der Waals surface area contributed by atoms with E-state index in [2.05, 4.69) is 0 Å². The molecule has 3 nitrogen and oxygen atoms in total. The Bertz CT molecular complexity index is 158. The SMILES string of the molecule is CC(=O)[C@@H]1CC[C@H](O)CN1C. The van der Waals surface area contributed by atoms with E-state index in [9.17, 15) is 9.90 Å². The van der Waals surface area contributed by atoms with E-state index < -0.39 is 0 Å². The average molecular weight is 157 g/mol. The van der Waals surface area contributed by atoms with Crippen molar-refractivity contribution < 1.29 is 9.90 Å². The van der Waals surface area contributed by atoms with E-state index in [4.69, 9.17) is 0 Å². The van der Waals surface area contributed by atoms with Gasteiger partial charge in [-0.25, -0.2) is 0 Å². The van der Waals surface area contributed by atoms with Gasteiger partial charge in [-0.3, -0.25) is 9.69 Å². The number of β-amino-alcohol motifs (C(OH)–C–C–N with tert-alkyl or cyclic N) is 1. The molecular weight excluding hydrogens is 142 g/mol. The van der Waals surface area contributed by atoms with Gasteiger partial charge in [-0.15, -0.1) is 0 Å². The summed E-state index contributed by atoms with van der Waals surface area (Å²) >= 11 is 0. The molecule has 64 valence electrons. The predicted molar refractivity (Wildman–Crippen MR) is 42.3 cm³/mol. The maximum atomic E-state index is 11.0. The van der Waals surface area contributed by atoms with Crippen LogP contribution in [0.3, 0.4) is 0 Å². The van der Waals surface area contributed by atoms with Crippen LogP contribution in [0.4, 0.5) is 0 Å². The molecule has 0 aromatic heterocycles. The molecule has 0 aliphatic carbocycles. The van der Waals surface area contributed by atoms with Crippen LogP contribution in [0.5, 0.6) is 0 Å². The van der Waals surface area contributed by atoms with E-state index in [1.807, 2.05) is 11.9 Å². The first-order valence-corrected chi connectivity index (χ1v) is 4.00. The van der Waals surface area contributed by atoms with Gasteiger partial charge in [0.15, 0.2) is 0 Å². The lowest BCUT2D eigenvalue weighted by Crippen LogP contribution is -2.46. The van der Waals surface area contributed by atoms with E-state index in [0.717, 1.165) is 12.8 Å². The van der Waals surface area contributed by atoms with Gasteiger partial charge in [0.05, 0.1) is 12.1 Å². The number of ketones is 1. The third kappa shape index (κ3) is 2.01. The summed E-state index contributed by atoms with van der Waals surface area (Å²) in [5.74, 6) is 0.208. The molecule has 1 saturated heterocycles. The minimum atomic E-state index is -0.240. The highest BCUT2D eigenvalue weighted by molar-refractivity contribution is 5.81. The Hall–Kier alpha value is -0.410. The minimum absolute atomic E-state index is 0.0402. The molecule has 1 fully saturated rings. The fraction of sp³-hybridized carbons (Fsp3) is 0.875. The zero-order valence-electron chi connectivity index (χ0n) is 7.08. The summed E-state index contributed by atoms with van der Waals surface area (Å²) < 4.78 is 0. The summed E-state index contributed by atoms with van der Waals surface area (Å²) in [5, 5.41) is 9.23. The molecule has 0 spiro atoms. The van der Waals surface area contributed by atoms with Crippen molar-refractivity contribution in [2.45, 2.75) is 31.9 Å². The first kappa shape index (κ1) is 8.68. The van der Waals surface area contributed by atoms with Crippen LogP contribution >= 0.6 is 0 Å². The largest absolute Gasteiger partial charge is 0.392 e. The molecule has 0 unspecified atom stereocenters. The lowest BCUT2D eigenvalue weighted by Gasteiger charge is -2.33. The number of aliphatic hydroxyl groups is 1. The Morgan fingerprint density at radius 1 is 1.55 bits per heavy atom. The van der Waals surface area contributed by atoms with Crippen molar-refractivity contribution in [2.75, 3.05) is 13.6 Å². The number of carbonyl (C=O) groups excluding carboxylic acids is 1. The van der Waals surface area contributed by atoms with E-state index in [1.165, 1.54) is 0 Å². The minimum Gasteiger partial charge on any atom is -0.392 e. The van der Waals surface area contributed by atoms with Crippen molar-refractivity contribution >= 4 is 5.78 Å². The molecule has 0 aromatic rings. The molecule has 2 atom stereocenters. The summed E-state index contributed by atoms with van der Waals surface area (Å²) in [7, 11) is 1.88. The molecule has 1 aliphatic rings. The number of rotatable bonds is 1. The molecule has 0 saturated carbocycles. The molecule has 0 aromatic carbocycles. The van der Waals surface area contributed by atoms with E-state index in [-0.39, 0.29) is 17.9 Å². The molecule has 0 amide bonds. The van der Waals surface area contributed by atoms with Crippen molar-refractivity contribution in [2.24, 2.45) is 0 Å². The summed E-state index contributed by atoms with van der Waals surface area (Å²) in [5.41, 5.74) is 0. The van der Waals surface area contributed by atoms with Gasteiger partial charge in [-0.1, -0.05) is 0 Å². The monoisotopic (exact) mass is 157 g/mol. The molecule has 11 heavy (non-hydrogen) atoms. The topological polar surface area (TPSA) is 40.5 Å². The summed E-state index contributed by atoms with van der Waals surface area (Å²) in [4.78, 5) is 12.9. The second kappa shape index (κ2) is 3.32. The number of Topliss-reactive ketones (excluding diaryl/α,β-unsaturated/α-hetero) is 1. The highest BCUT2D eigenvalue weighted by Gasteiger charge is 2.26. The van der Waals surface area contributed by atoms with Crippen molar-refractivity contribution in [3.63, 3.8) is 0 Å². The van der Waals surface area contributed by atoms with Gasteiger partial charge in [-0.05, 0) is 26.8 Å². The Morgan fingerprint density at radius 2 is 2.18 bits per heavy atom. The van der Waals surface area contributed by atoms with Gasteiger partial charge in [0.1, 0.15) is 5.78 Å². The zero-order chi connectivity index (χ0) is 8.43. The predicted octanol–water partition coefficient (Wildman–Crippen LogP) is 0.0305. The molecule has 1 rings (SSSR count). The smallest absolute Gasteiger partial charge is 0.146 e. The Labute approximate surface area is 67.0 Å². The standard InChI is InChI=1S/C8H15NO2/c1-6(10)8-4-3-7(11)5-9(8)2/h7-8,11H,3-5H2,1-2H3/t7-,8-/m0/s1. The molecule has 0 radical (unpaired) electrons. The first-order chi connectivity index (χ1) is 5.11. The van der Waals surface area contributed by atoms with Gasteiger partial charge in [0.25, 0.3) is 0 Å². The number of nitrogens with zero attached hydrogens (tertiary/aromatic N) is 1. The molecule has 1 heterocycles. The second-order valence-electron chi connectivity index (χ2n) is 3.30. The number of hydrogen-bond donors (Lipinski definition) is 1. The maximum absolute atomic E-state index is 11.0. The average Bonchev–Trinajstić information content (AvgIpc) is 1.85. The third-order valence-corrected chi connectivity index (χ3v) is 2.27. The normalized spacial score (nSPS) is 33.7. The summed E-state index contributed by atoms with van der Waals surface area (Å²) in [6.45, 7) is 2.24. The highest BCUT2D eigenvalue weighted by atomic mass is 16.3. The Kier molecular flexibility index (Phi) is 2.62. The number of piperidine rings is 1. The van der Waals surface area contributed by atoms with Crippen LogP contribution in [0.2, 0.25) is 0 Å². The van der Waals surface area contributed by atoms with Gasteiger partial charge < -0.3 is 5.11 Å². The van der Waals surface area contributed by atoms with Crippen molar-refractivity contribution in [1.29, 1.82) is 0 Å². The number of likely N-dealkylation sites (tertiary alicyclic amines) is 1. The van der Waals surface area contributed by atoms with Crippen LogP contribution < -0.4 is 0 Å². The zero-order valence-corrected chi connectivity index (χ0v) is 7.08. The van der Waals surface area contributed by atoms with Crippen molar-refractivity contribution in [3.05, 3.63) is 0 Å².